The molecule has 29 heavy (non-hydrogen) atoms. The maximum atomic E-state index is 13.6. The number of Topliss-reactive ketones (excluding diaryl/α,β-unsaturated/α-hetero) is 1. The van der Waals surface area contributed by atoms with E-state index in [1.165, 1.54) is 0 Å². The monoisotopic (exact) mass is 407 g/mol. The number of nitrogens with one attached hydrogen (secondary N) is 2. The van der Waals surface area contributed by atoms with Crippen molar-refractivity contribution in [1.29, 1.82) is 0 Å². The number of ketones is 1. The average Bonchev–Trinajstić information content (AvgIpc) is 3.40. The molecule has 6 heteroatoms. The summed E-state index contributed by atoms with van der Waals surface area (Å²) in [5.74, 6) is 0.142. The van der Waals surface area contributed by atoms with Crippen LogP contribution in [-0.2, 0) is 4.79 Å². The minimum atomic E-state index is -0.393. The van der Waals surface area contributed by atoms with Crippen LogP contribution in [0, 0.1) is 0 Å². The van der Waals surface area contributed by atoms with Gasteiger partial charge in [0.2, 0.25) is 0 Å². The number of allylic oxidation sites excluding steroid dienone is 1. The molecule has 2 amide bonds. The third-order valence-electron chi connectivity index (χ3n) is 6.15. The van der Waals surface area contributed by atoms with E-state index in [1.54, 1.807) is 11.3 Å². The molecule has 1 atom stereocenters. The summed E-state index contributed by atoms with van der Waals surface area (Å²) in [4.78, 5) is 29.6. The van der Waals surface area contributed by atoms with Crippen molar-refractivity contribution in [3.05, 3.63) is 57.9 Å². The Balaban J connectivity index is 1.66. The number of hydrogen-bond acceptors (Lipinski definition) is 4. The number of benzene rings is 1. The Morgan fingerprint density at radius 1 is 1.07 bits per heavy atom. The molecule has 5 nitrogen and oxygen atoms in total. The molecule has 5 rings (SSSR count). The Morgan fingerprint density at radius 2 is 1.90 bits per heavy atom. The molecule has 0 radical (unpaired) electrons. The van der Waals surface area contributed by atoms with Crippen molar-refractivity contribution >= 4 is 34.5 Å². The highest BCUT2D eigenvalue weighted by molar-refractivity contribution is 7.10. The normalized spacial score (nSPS) is 22.0. The zero-order valence-corrected chi connectivity index (χ0v) is 17.1. The molecular weight excluding hydrogens is 382 g/mol. The number of urea groups is 1. The fourth-order valence-corrected chi connectivity index (χ4v) is 5.61. The van der Waals surface area contributed by atoms with E-state index in [4.69, 9.17) is 0 Å². The molecule has 150 valence electrons. The lowest BCUT2D eigenvalue weighted by Crippen LogP contribution is -2.47. The number of anilines is 2. The second-order valence-corrected chi connectivity index (χ2v) is 9.01. The number of hydrogen-bond donors (Lipinski definition) is 2. The smallest absolute Gasteiger partial charge is 0.323 e. The summed E-state index contributed by atoms with van der Waals surface area (Å²) in [6.07, 6.45) is 6.58. The van der Waals surface area contributed by atoms with Crippen LogP contribution in [0.1, 0.15) is 55.9 Å². The van der Waals surface area contributed by atoms with Crippen LogP contribution in [0.25, 0.3) is 0 Å². The number of amides is 2. The fourth-order valence-electron chi connectivity index (χ4n) is 4.79. The lowest BCUT2D eigenvalue weighted by Gasteiger charge is -2.33. The Hall–Kier alpha value is -2.60. The first-order chi connectivity index (χ1) is 14.2. The first kappa shape index (κ1) is 18.4. The summed E-state index contributed by atoms with van der Waals surface area (Å²) in [6, 6.07) is 11.6. The van der Waals surface area contributed by atoms with Gasteiger partial charge in [0.05, 0.1) is 11.4 Å². The molecule has 0 unspecified atom stereocenters. The van der Waals surface area contributed by atoms with Crippen LogP contribution in [0.15, 0.2) is 53.0 Å². The van der Waals surface area contributed by atoms with Gasteiger partial charge in [-0.15, -0.1) is 11.3 Å². The van der Waals surface area contributed by atoms with E-state index in [2.05, 4.69) is 10.6 Å². The summed E-state index contributed by atoms with van der Waals surface area (Å²) in [5, 5.41) is 8.77. The summed E-state index contributed by atoms with van der Waals surface area (Å²) in [6.45, 7) is 0. The van der Waals surface area contributed by atoms with Gasteiger partial charge in [0.25, 0.3) is 0 Å². The molecule has 0 spiro atoms. The molecule has 1 aliphatic heterocycles. The number of rotatable bonds is 2. The van der Waals surface area contributed by atoms with Gasteiger partial charge in [-0.3, -0.25) is 9.69 Å². The average molecular weight is 408 g/mol. The van der Waals surface area contributed by atoms with E-state index in [-0.39, 0.29) is 17.9 Å². The van der Waals surface area contributed by atoms with Gasteiger partial charge in [0, 0.05) is 28.6 Å². The lowest BCUT2D eigenvalue weighted by atomic mass is 9.88. The second-order valence-electron chi connectivity index (χ2n) is 8.03. The van der Waals surface area contributed by atoms with Crippen LogP contribution >= 0.6 is 11.3 Å². The predicted molar refractivity (Wildman–Crippen MR) is 116 cm³/mol. The molecule has 0 bridgehead atoms. The maximum Gasteiger partial charge on any atom is 0.323 e. The van der Waals surface area contributed by atoms with Gasteiger partial charge in [-0.05, 0) is 49.3 Å². The zero-order valence-electron chi connectivity index (χ0n) is 16.3. The van der Waals surface area contributed by atoms with Crippen LogP contribution < -0.4 is 15.5 Å². The lowest BCUT2D eigenvalue weighted by molar-refractivity contribution is -0.116. The van der Waals surface area contributed by atoms with Gasteiger partial charge in [0.1, 0.15) is 6.04 Å². The first-order valence-corrected chi connectivity index (χ1v) is 11.4. The van der Waals surface area contributed by atoms with Crippen molar-refractivity contribution in [1.82, 2.24) is 5.32 Å². The van der Waals surface area contributed by atoms with Crippen LogP contribution in [0.4, 0.5) is 16.2 Å². The Bertz CT molecular complexity index is 960. The number of nitrogens with zero attached hydrogens (tertiary/aromatic N) is 1. The third-order valence-corrected chi connectivity index (χ3v) is 7.08. The van der Waals surface area contributed by atoms with Crippen LogP contribution in [-0.4, -0.2) is 17.9 Å². The molecule has 2 heterocycles. The molecular formula is C23H25N3O2S. The number of para-hydroxylation sites is 2. The van der Waals surface area contributed by atoms with Crippen molar-refractivity contribution in [2.24, 2.45) is 0 Å². The third kappa shape index (κ3) is 3.35. The molecule has 2 N–H and O–H groups in total. The van der Waals surface area contributed by atoms with Gasteiger partial charge < -0.3 is 10.6 Å². The van der Waals surface area contributed by atoms with Crippen molar-refractivity contribution in [3.63, 3.8) is 0 Å². The van der Waals surface area contributed by atoms with Crippen LogP contribution in [0.5, 0.6) is 0 Å². The molecule has 1 saturated carbocycles. The minimum Gasteiger partial charge on any atom is -0.357 e. The highest BCUT2D eigenvalue weighted by atomic mass is 32.1. The predicted octanol–water partition coefficient (Wildman–Crippen LogP) is 5.38. The Labute approximate surface area is 174 Å². The molecule has 3 aliphatic rings. The molecule has 2 aliphatic carbocycles. The molecule has 1 fully saturated rings. The van der Waals surface area contributed by atoms with Crippen molar-refractivity contribution in [2.45, 2.75) is 57.0 Å². The molecule has 1 aromatic heterocycles. The van der Waals surface area contributed by atoms with E-state index in [9.17, 15) is 9.59 Å². The molecule has 2 aromatic rings. The standard InChI is InChI=1S/C23H25N3O2S/c27-19-12-5-10-17-21(19)22(20-13-6-14-29-20)26(18-11-4-3-9-16(18)25-17)23(28)24-15-7-1-2-8-15/h3-4,6,9,11,13-15,22,25H,1-2,5,7-8,10,12H2,(H,24,28)/t22-/m1/s1. The number of carbonyl (C=O) groups excluding carboxylic acids is 2. The van der Waals surface area contributed by atoms with Gasteiger partial charge in [0.15, 0.2) is 5.78 Å². The summed E-state index contributed by atoms with van der Waals surface area (Å²) in [5.41, 5.74) is 3.42. The van der Waals surface area contributed by atoms with E-state index in [0.717, 1.165) is 66.0 Å². The van der Waals surface area contributed by atoms with Crippen molar-refractivity contribution in [3.8, 4) is 0 Å². The summed E-state index contributed by atoms with van der Waals surface area (Å²) >= 11 is 1.60. The number of thiophene rings is 1. The maximum absolute atomic E-state index is 13.6. The summed E-state index contributed by atoms with van der Waals surface area (Å²) in [7, 11) is 0. The largest absolute Gasteiger partial charge is 0.357 e. The van der Waals surface area contributed by atoms with E-state index in [1.807, 2.05) is 46.7 Å². The van der Waals surface area contributed by atoms with E-state index < -0.39 is 6.04 Å². The quantitative estimate of drug-likeness (QED) is 0.702. The SMILES string of the molecule is O=C1CCCC2=C1[C@@H](c1cccs1)N(C(=O)NC1CCCC1)c1ccccc1N2. The highest BCUT2D eigenvalue weighted by Crippen LogP contribution is 2.45. The summed E-state index contributed by atoms with van der Waals surface area (Å²) < 4.78 is 0. The van der Waals surface area contributed by atoms with Crippen molar-refractivity contribution in [2.75, 3.05) is 10.2 Å². The van der Waals surface area contributed by atoms with Gasteiger partial charge in [-0.1, -0.05) is 31.0 Å². The second kappa shape index (κ2) is 7.67. The molecule has 0 saturated heterocycles. The van der Waals surface area contributed by atoms with Crippen LogP contribution in [0.2, 0.25) is 0 Å². The van der Waals surface area contributed by atoms with Gasteiger partial charge in [-0.2, -0.15) is 0 Å². The van der Waals surface area contributed by atoms with E-state index >= 15 is 0 Å². The topological polar surface area (TPSA) is 61.4 Å². The minimum absolute atomic E-state index is 0.114. The van der Waals surface area contributed by atoms with Crippen LogP contribution in [0.3, 0.4) is 0 Å². The fraction of sp³-hybridized carbons (Fsp3) is 0.391. The zero-order chi connectivity index (χ0) is 19.8. The Morgan fingerprint density at radius 3 is 2.69 bits per heavy atom. The Kier molecular flexibility index (Phi) is 4.87. The van der Waals surface area contributed by atoms with Crippen molar-refractivity contribution < 1.29 is 9.59 Å². The van der Waals surface area contributed by atoms with Gasteiger partial charge in [-0.25, -0.2) is 4.79 Å². The number of fused-ring (bicyclic) bond motifs is 1. The molecule has 1 aromatic carbocycles. The highest BCUT2D eigenvalue weighted by Gasteiger charge is 2.40. The van der Waals surface area contributed by atoms with E-state index in [0.29, 0.717) is 6.42 Å². The first-order valence-electron chi connectivity index (χ1n) is 10.5. The number of carbonyl (C=O) groups is 2. The van der Waals surface area contributed by atoms with Gasteiger partial charge >= 0.3 is 6.03 Å².